The highest BCUT2D eigenvalue weighted by molar-refractivity contribution is 5.83. The molecule has 1 saturated carbocycles. The van der Waals surface area contributed by atoms with Crippen LogP contribution in [0.5, 0.6) is 0 Å². The summed E-state index contributed by atoms with van der Waals surface area (Å²) >= 11 is 0. The van der Waals surface area contributed by atoms with E-state index in [-0.39, 0.29) is 18.2 Å². The quantitative estimate of drug-likeness (QED) is 0.331. The number of ether oxygens (including phenoxy) is 1. The van der Waals surface area contributed by atoms with Crippen LogP contribution in [0, 0.1) is 17.2 Å². The van der Waals surface area contributed by atoms with E-state index < -0.39 is 12.1 Å². The number of nitrogens with zero attached hydrogens (tertiary/aromatic N) is 5. The van der Waals surface area contributed by atoms with Gasteiger partial charge < -0.3 is 15.0 Å². The molecule has 5 rings (SSSR count). The second kappa shape index (κ2) is 15.8. The highest BCUT2D eigenvalue weighted by Gasteiger charge is 2.26. The fourth-order valence-corrected chi connectivity index (χ4v) is 6.25. The van der Waals surface area contributed by atoms with E-state index in [1.807, 2.05) is 54.6 Å². The van der Waals surface area contributed by atoms with E-state index in [1.54, 1.807) is 4.57 Å². The Morgan fingerprint density at radius 3 is 2.52 bits per heavy atom. The molecule has 0 spiro atoms. The maximum Gasteiger partial charge on any atom is 0.327 e. The number of aromatic amines is 1. The number of aromatic nitrogens is 2. The number of rotatable bonds is 12. The smallest absolute Gasteiger partial charge is 0.327 e. The van der Waals surface area contributed by atoms with E-state index in [1.165, 1.54) is 6.42 Å². The lowest BCUT2D eigenvalue weighted by Crippen LogP contribution is -2.46. The number of nitrogens with one attached hydrogen (secondary N) is 2. The van der Waals surface area contributed by atoms with Crippen molar-refractivity contribution in [1.29, 1.82) is 5.26 Å². The van der Waals surface area contributed by atoms with Gasteiger partial charge in [0.15, 0.2) is 0 Å². The number of hydrogen-bond donors (Lipinski definition) is 2. The lowest BCUT2D eigenvalue weighted by Gasteiger charge is -2.32. The van der Waals surface area contributed by atoms with Crippen molar-refractivity contribution in [2.75, 3.05) is 46.4 Å². The van der Waals surface area contributed by atoms with Crippen molar-refractivity contribution in [3.05, 3.63) is 76.1 Å². The van der Waals surface area contributed by atoms with E-state index in [2.05, 4.69) is 33.2 Å². The summed E-state index contributed by atoms with van der Waals surface area (Å²) in [6, 6.07) is 18.1. The zero-order valence-corrected chi connectivity index (χ0v) is 25.8. The summed E-state index contributed by atoms with van der Waals surface area (Å²) in [6.07, 6.45) is 6.18. The van der Waals surface area contributed by atoms with Gasteiger partial charge in [0.25, 0.3) is 0 Å². The lowest BCUT2D eigenvalue weighted by atomic mass is 9.84. The molecule has 44 heavy (non-hydrogen) atoms. The Morgan fingerprint density at radius 2 is 1.77 bits per heavy atom. The molecule has 1 amide bonds. The molecule has 2 N–H and O–H groups in total. The number of H-pyrrole nitrogens is 1. The van der Waals surface area contributed by atoms with Crippen LogP contribution in [0.15, 0.2) is 64.4 Å². The molecule has 234 valence electrons. The molecule has 2 aromatic carbocycles. The maximum absolute atomic E-state index is 13.7. The number of amides is 1. The maximum atomic E-state index is 13.7. The molecule has 1 saturated heterocycles. The summed E-state index contributed by atoms with van der Waals surface area (Å²) in [6.45, 7) is 5.81. The van der Waals surface area contributed by atoms with Crippen LogP contribution < -0.4 is 16.5 Å². The van der Waals surface area contributed by atoms with Crippen molar-refractivity contribution in [2.45, 2.75) is 63.8 Å². The number of carbonyl (C=O) groups excluding carboxylic acids is 1. The molecule has 2 heterocycles. The van der Waals surface area contributed by atoms with Crippen LogP contribution in [-0.2, 0) is 22.7 Å². The van der Waals surface area contributed by atoms with E-state index in [4.69, 9.17) is 9.73 Å². The van der Waals surface area contributed by atoms with Crippen LogP contribution >= 0.6 is 0 Å². The van der Waals surface area contributed by atoms with Crippen LogP contribution in [0.3, 0.4) is 0 Å². The monoisotopic (exact) mass is 599 g/mol. The van der Waals surface area contributed by atoms with Crippen molar-refractivity contribution < 1.29 is 9.53 Å². The Hall–Kier alpha value is -3.78. The third kappa shape index (κ3) is 8.65. The van der Waals surface area contributed by atoms with E-state index in [9.17, 15) is 14.9 Å². The predicted molar refractivity (Wildman–Crippen MR) is 171 cm³/mol. The number of fused-ring (bicyclic) bond motifs is 1. The summed E-state index contributed by atoms with van der Waals surface area (Å²) in [4.78, 5) is 39.8. The van der Waals surface area contributed by atoms with Crippen molar-refractivity contribution in [1.82, 2.24) is 24.7 Å². The first-order valence-corrected chi connectivity index (χ1v) is 16.0. The van der Waals surface area contributed by atoms with Gasteiger partial charge in [0.05, 0.1) is 24.8 Å². The molecule has 0 radical (unpaired) electrons. The number of carbonyl (C=O) groups is 1. The Balaban J connectivity index is 1.36. The molecule has 0 bridgehead atoms. The highest BCUT2D eigenvalue weighted by Crippen LogP contribution is 2.28. The number of piperazine rings is 1. The van der Waals surface area contributed by atoms with Gasteiger partial charge in [0.2, 0.25) is 5.91 Å². The van der Waals surface area contributed by atoms with Gasteiger partial charge in [0.1, 0.15) is 17.6 Å². The zero-order chi connectivity index (χ0) is 30.7. The molecule has 2 aliphatic rings. The minimum atomic E-state index is -0.807. The molecule has 1 aliphatic heterocycles. The van der Waals surface area contributed by atoms with Crippen LogP contribution in [0.1, 0.15) is 44.1 Å². The van der Waals surface area contributed by atoms with Gasteiger partial charge >= 0.3 is 5.69 Å². The molecule has 3 aromatic rings. The first-order chi connectivity index (χ1) is 21.5. The Kier molecular flexibility index (Phi) is 11.4. The molecule has 2 unspecified atom stereocenters. The third-order valence-electron chi connectivity index (χ3n) is 8.89. The minimum absolute atomic E-state index is 0.0751. The largest absolute Gasteiger partial charge is 0.374 e. The fourth-order valence-electron chi connectivity index (χ4n) is 6.25. The summed E-state index contributed by atoms with van der Waals surface area (Å²) in [5, 5.41) is 13.5. The molecular formula is C34H45N7O3. The van der Waals surface area contributed by atoms with Crippen molar-refractivity contribution in [2.24, 2.45) is 10.9 Å². The van der Waals surface area contributed by atoms with E-state index >= 15 is 0 Å². The van der Waals surface area contributed by atoms with Gasteiger partial charge in [-0.2, -0.15) is 5.26 Å². The van der Waals surface area contributed by atoms with E-state index in [0.717, 1.165) is 74.9 Å². The van der Waals surface area contributed by atoms with Crippen molar-refractivity contribution in [3.8, 4) is 6.07 Å². The van der Waals surface area contributed by atoms with Gasteiger partial charge in [0, 0.05) is 44.7 Å². The third-order valence-corrected chi connectivity index (χ3v) is 8.89. The van der Waals surface area contributed by atoms with Crippen LogP contribution in [-0.4, -0.2) is 83.7 Å². The average molecular weight is 600 g/mol. The number of hydrogen-bond acceptors (Lipinski definition) is 7. The van der Waals surface area contributed by atoms with E-state index in [0.29, 0.717) is 31.0 Å². The second-order valence-electron chi connectivity index (χ2n) is 12.2. The predicted octanol–water partition coefficient (Wildman–Crippen LogP) is 3.04. The first kappa shape index (κ1) is 31.6. The SMILES string of the molecule is CN1CCN(CCn2c(=O)[nH]c(=NC(CC3CCCCC3)C(=O)NC(C#N)COCc3ccccc3)c3ccccc32)CC1. The number of likely N-dealkylation sites (N-methyl/N-ethyl adjacent to an activating group) is 1. The zero-order valence-electron chi connectivity index (χ0n) is 25.8. The van der Waals surface area contributed by atoms with Gasteiger partial charge in [-0.1, -0.05) is 74.6 Å². The molecule has 2 atom stereocenters. The Morgan fingerprint density at radius 1 is 1.05 bits per heavy atom. The molecule has 1 aliphatic carbocycles. The Bertz CT molecular complexity index is 1530. The summed E-state index contributed by atoms with van der Waals surface area (Å²) < 4.78 is 7.53. The number of para-hydroxylation sites is 1. The number of benzene rings is 2. The van der Waals surface area contributed by atoms with Gasteiger partial charge in [-0.3, -0.25) is 24.2 Å². The molecule has 2 fully saturated rings. The normalized spacial score (nSPS) is 18.6. The first-order valence-electron chi connectivity index (χ1n) is 16.0. The highest BCUT2D eigenvalue weighted by atomic mass is 16.5. The lowest BCUT2D eigenvalue weighted by molar-refractivity contribution is -0.123. The summed E-state index contributed by atoms with van der Waals surface area (Å²) in [5.41, 5.74) is 1.97. The Labute approximate surface area is 259 Å². The molecule has 1 aromatic heterocycles. The van der Waals surface area contributed by atoms with Crippen LogP contribution in [0.4, 0.5) is 0 Å². The second-order valence-corrected chi connectivity index (χ2v) is 12.2. The fraction of sp³-hybridized carbons (Fsp3) is 0.529. The van der Waals surface area contributed by atoms with Crippen molar-refractivity contribution in [3.63, 3.8) is 0 Å². The topological polar surface area (TPSA) is 119 Å². The van der Waals surface area contributed by atoms with Gasteiger partial charge in [-0.15, -0.1) is 0 Å². The molecule has 10 nitrogen and oxygen atoms in total. The van der Waals surface area contributed by atoms with Crippen LogP contribution in [0.25, 0.3) is 10.9 Å². The number of nitriles is 1. The van der Waals surface area contributed by atoms with Gasteiger partial charge in [-0.25, -0.2) is 4.79 Å². The van der Waals surface area contributed by atoms with Crippen LogP contribution in [0.2, 0.25) is 0 Å². The molecular weight excluding hydrogens is 554 g/mol. The minimum Gasteiger partial charge on any atom is -0.374 e. The molecule has 10 heteroatoms. The summed E-state index contributed by atoms with van der Waals surface area (Å²) in [5.74, 6) is 0.0514. The summed E-state index contributed by atoms with van der Waals surface area (Å²) in [7, 11) is 2.13. The average Bonchev–Trinajstić information content (AvgIpc) is 3.05. The van der Waals surface area contributed by atoms with Crippen molar-refractivity contribution >= 4 is 16.8 Å². The van der Waals surface area contributed by atoms with Gasteiger partial charge in [-0.05, 0) is 37.1 Å². The standard InChI is InChI=1S/C34H45N7O3/c1-39-16-18-40(19-17-39)20-21-41-31-15-9-8-14-29(31)32(38-34(41)43)37-30(22-26-10-4-2-5-11-26)33(42)36-28(23-35)25-44-24-27-12-6-3-7-13-27/h3,6-9,12-15,26,28,30H,2,4-5,10-11,16-22,24-25H2,1H3,(H,36,42)(H,37,38,43).